The Morgan fingerprint density at radius 2 is 1.10 bits per heavy atom. The average Bonchev–Trinajstić information content (AvgIpc) is 1.79. The van der Waals surface area contributed by atoms with Gasteiger partial charge < -0.3 is 0 Å². The number of hydrogen-bond donors (Lipinski definition) is 0. The molecule has 0 aromatic heterocycles. The van der Waals surface area contributed by atoms with Crippen LogP contribution >= 0.6 is 0 Å². The summed E-state index contributed by atoms with van der Waals surface area (Å²) in [6.45, 7) is 7.13. The molecule has 0 saturated heterocycles. The van der Waals surface area contributed by atoms with Gasteiger partial charge in [0.25, 0.3) is 0 Å². The first-order valence-corrected chi connectivity index (χ1v) is 3.22. The third-order valence-electron chi connectivity index (χ3n) is 0.981. The van der Waals surface area contributed by atoms with Crippen LogP contribution in [0.15, 0.2) is 10.2 Å². The quantitative estimate of drug-likeness (QED) is 0.487. The lowest BCUT2D eigenvalue weighted by Gasteiger charge is -2.29. The molecule has 0 aromatic rings. The molecule has 1 rings (SSSR count). The van der Waals surface area contributed by atoms with Gasteiger partial charge in [0.1, 0.15) is 0 Å². The van der Waals surface area contributed by atoms with Crippen LogP contribution in [0, 0.1) is 0 Å². The highest BCUT2D eigenvalue weighted by atomic mass is 17.2. The molecule has 0 unspecified atom stereocenters. The van der Waals surface area contributed by atoms with Crippen molar-refractivity contribution in [1.29, 1.82) is 0 Å². The zero-order valence-electron chi connectivity index (χ0n) is 6.71. The second-order valence-corrected chi connectivity index (χ2v) is 3.26. The minimum atomic E-state index is -0.629. The van der Waals surface area contributed by atoms with Crippen LogP contribution in [0.3, 0.4) is 0 Å². The lowest BCUT2D eigenvalue weighted by atomic mass is 10.3. The van der Waals surface area contributed by atoms with Gasteiger partial charge in [-0.05, 0) is 27.7 Å². The smallest absolute Gasteiger partial charge is 0.202 e. The SMILES string of the molecule is CC1(C)N=NC(C)(C)OO1. The largest absolute Gasteiger partial charge is 0.207 e. The minimum Gasteiger partial charge on any atom is -0.202 e. The molecule has 1 heterocycles. The Morgan fingerprint density at radius 1 is 0.800 bits per heavy atom. The minimum absolute atomic E-state index is 0.629. The normalized spacial score (nSPS) is 28.4. The first kappa shape index (κ1) is 7.63. The van der Waals surface area contributed by atoms with Gasteiger partial charge in [-0.25, -0.2) is 9.78 Å². The molecule has 0 aliphatic carbocycles. The van der Waals surface area contributed by atoms with Crippen LogP contribution in [-0.2, 0) is 9.78 Å². The van der Waals surface area contributed by atoms with E-state index in [1.54, 1.807) is 27.7 Å². The summed E-state index contributed by atoms with van der Waals surface area (Å²) in [5.41, 5.74) is -1.26. The maximum Gasteiger partial charge on any atom is 0.207 e. The Balaban J connectivity index is 2.70. The fraction of sp³-hybridized carbons (Fsp3) is 1.00. The summed E-state index contributed by atoms with van der Waals surface area (Å²) in [7, 11) is 0. The lowest BCUT2D eigenvalue weighted by molar-refractivity contribution is -0.415. The molecule has 0 aromatic carbocycles. The maximum absolute atomic E-state index is 4.92. The van der Waals surface area contributed by atoms with Crippen LogP contribution < -0.4 is 0 Å². The van der Waals surface area contributed by atoms with E-state index in [0.717, 1.165) is 0 Å². The van der Waals surface area contributed by atoms with E-state index in [4.69, 9.17) is 9.78 Å². The molecule has 0 amide bonds. The molecule has 0 fully saturated rings. The fourth-order valence-electron chi connectivity index (χ4n) is 0.478. The molecule has 1 aliphatic rings. The Labute approximate surface area is 60.2 Å². The Hall–Kier alpha value is -0.480. The third kappa shape index (κ3) is 1.75. The van der Waals surface area contributed by atoms with E-state index in [1.165, 1.54) is 0 Å². The van der Waals surface area contributed by atoms with Crippen LogP contribution in [0.4, 0.5) is 0 Å². The summed E-state index contributed by atoms with van der Waals surface area (Å²) < 4.78 is 0. The third-order valence-corrected chi connectivity index (χ3v) is 0.981. The summed E-state index contributed by atoms with van der Waals surface area (Å²) >= 11 is 0. The van der Waals surface area contributed by atoms with Gasteiger partial charge in [-0.15, -0.1) is 0 Å². The van der Waals surface area contributed by atoms with Crippen molar-refractivity contribution in [2.24, 2.45) is 10.2 Å². The summed E-state index contributed by atoms with van der Waals surface area (Å²) in [6, 6.07) is 0. The first-order chi connectivity index (χ1) is 4.41. The Bertz CT molecular complexity index is 145. The number of rotatable bonds is 0. The molecule has 0 radical (unpaired) electrons. The topological polar surface area (TPSA) is 43.2 Å². The lowest BCUT2D eigenvalue weighted by Crippen LogP contribution is -2.34. The summed E-state index contributed by atoms with van der Waals surface area (Å²) in [4.78, 5) is 9.84. The fourth-order valence-corrected chi connectivity index (χ4v) is 0.478. The van der Waals surface area contributed by atoms with Crippen molar-refractivity contribution in [3.05, 3.63) is 0 Å². The van der Waals surface area contributed by atoms with Gasteiger partial charge in [-0.1, -0.05) is 0 Å². The summed E-state index contributed by atoms with van der Waals surface area (Å²) in [6.07, 6.45) is 0. The van der Waals surface area contributed by atoms with Crippen LogP contribution in [0.1, 0.15) is 27.7 Å². The van der Waals surface area contributed by atoms with Gasteiger partial charge >= 0.3 is 0 Å². The molecular formula is C6H12N2O2. The molecule has 58 valence electrons. The van der Waals surface area contributed by atoms with Crippen molar-refractivity contribution >= 4 is 0 Å². The van der Waals surface area contributed by atoms with Gasteiger partial charge in [0, 0.05) is 0 Å². The molecule has 4 nitrogen and oxygen atoms in total. The van der Waals surface area contributed by atoms with E-state index in [9.17, 15) is 0 Å². The van der Waals surface area contributed by atoms with E-state index in [2.05, 4.69) is 10.2 Å². The van der Waals surface area contributed by atoms with Crippen LogP contribution in [-0.4, -0.2) is 11.4 Å². The van der Waals surface area contributed by atoms with Crippen molar-refractivity contribution in [2.75, 3.05) is 0 Å². The Kier molecular flexibility index (Phi) is 1.53. The molecule has 1 aliphatic heterocycles. The molecule has 0 bridgehead atoms. The predicted molar refractivity (Wildman–Crippen MR) is 35.2 cm³/mol. The molecule has 0 atom stereocenters. The van der Waals surface area contributed by atoms with E-state index < -0.39 is 11.4 Å². The zero-order chi connectivity index (χ0) is 7.83. The monoisotopic (exact) mass is 144 g/mol. The molecule has 0 N–H and O–H groups in total. The molecule has 0 saturated carbocycles. The Morgan fingerprint density at radius 3 is 1.30 bits per heavy atom. The van der Waals surface area contributed by atoms with Gasteiger partial charge in [0.15, 0.2) is 0 Å². The predicted octanol–water partition coefficient (Wildman–Crippen LogP) is 1.87. The van der Waals surface area contributed by atoms with E-state index in [1.807, 2.05) is 0 Å². The second kappa shape index (κ2) is 2.00. The van der Waals surface area contributed by atoms with Crippen molar-refractivity contribution in [3.63, 3.8) is 0 Å². The summed E-state index contributed by atoms with van der Waals surface area (Å²) in [5, 5.41) is 7.78. The average molecular weight is 144 g/mol. The summed E-state index contributed by atoms with van der Waals surface area (Å²) in [5.74, 6) is 0. The first-order valence-electron chi connectivity index (χ1n) is 3.22. The highest BCUT2D eigenvalue weighted by Crippen LogP contribution is 2.25. The van der Waals surface area contributed by atoms with Crippen molar-refractivity contribution in [2.45, 2.75) is 39.1 Å². The highest BCUT2D eigenvalue weighted by Gasteiger charge is 2.31. The standard InChI is InChI=1S/C6H12N2O2/c1-5(2)7-8-6(3,4)10-9-5/h1-4H3. The van der Waals surface area contributed by atoms with Crippen molar-refractivity contribution in [1.82, 2.24) is 0 Å². The van der Waals surface area contributed by atoms with E-state index in [0.29, 0.717) is 0 Å². The van der Waals surface area contributed by atoms with Crippen molar-refractivity contribution in [3.8, 4) is 0 Å². The zero-order valence-corrected chi connectivity index (χ0v) is 6.71. The van der Waals surface area contributed by atoms with Crippen LogP contribution in [0.25, 0.3) is 0 Å². The van der Waals surface area contributed by atoms with Gasteiger partial charge in [-0.2, -0.15) is 10.2 Å². The number of nitrogens with zero attached hydrogens (tertiary/aromatic N) is 2. The van der Waals surface area contributed by atoms with E-state index >= 15 is 0 Å². The van der Waals surface area contributed by atoms with E-state index in [-0.39, 0.29) is 0 Å². The highest BCUT2D eigenvalue weighted by molar-refractivity contribution is 4.69. The molecule has 4 heteroatoms. The molecular weight excluding hydrogens is 132 g/mol. The van der Waals surface area contributed by atoms with Gasteiger partial charge in [0.05, 0.1) is 0 Å². The van der Waals surface area contributed by atoms with Gasteiger partial charge in [0.2, 0.25) is 11.4 Å². The second-order valence-electron chi connectivity index (χ2n) is 3.26. The van der Waals surface area contributed by atoms with Crippen LogP contribution in [0.5, 0.6) is 0 Å². The molecule has 0 spiro atoms. The van der Waals surface area contributed by atoms with Crippen molar-refractivity contribution < 1.29 is 9.78 Å². The van der Waals surface area contributed by atoms with Gasteiger partial charge in [-0.3, -0.25) is 0 Å². The molecule has 10 heavy (non-hydrogen) atoms. The number of hydrogen-bond acceptors (Lipinski definition) is 4. The number of azo groups is 1. The maximum atomic E-state index is 4.92. The van der Waals surface area contributed by atoms with Crippen LogP contribution in [0.2, 0.25) is 0 Å².